The van der Waals surface area contributed by atoms with E-state index in [0.29, 0.717) is 5.56 Å². The lowest BCUT2D eigenvalue weighted by Crippen LogP contribution is -2.03. The minimum absolute atomic E-state index is 0.646. The highest BCUT2D eigenvalue weighted by Crippen LogP contribution is 2.35. The van der Waals surface area contributed by atoms with E-state index in [9.17, 15) is 13.2 Å². The van der Waals surface area contributed by atoms with Crippen molar-refractivity contribution in [2.45, 2.75) is 13.1 Å². The molecule has 1 nitrogen and oxygen atoms in total. The molecule has 5 heteroatoms. The van der Waals surface area contributed by atoms with Crippen molar-refractivity contribution in [1.29, 1.82) is 0 Å². The van der Waals surface area contributed by atoms with Gasteiger partial charge in [0.25, 0.3) is 0 Å². The summed E-state index contributed by atoms with van der Waals surface area (Å²) >= 11 is 1.48. The van der Waals surface area contributed by atoms with E-state index in [0.717, 1.165) is 33.3 Å². The van der Waals surface area contributed by atoms with Crippen molar-refractivity contribution in [2.75, 3.05) is 0 Å². The minimum Gasteiger partial charge on any atom is -0.236 e. The second-order valence-electron chi connectivity index (χ2n) is 4.86. The zero-order valence-corrected chi connectivity index (χ0v) is 12.5. The number of nitrogens with zero attached hydrogens (tertiary/aromatic N) is 1. The molecule has 0 radical (unpaired) electrons. The van der Waals surface area contributed by atoms with Gasteiger partial charge in [0.2, 0.25) is 0 Å². The highest BCUT2D eigenvalue weighted by atomic mass is 32.1. The van der Waals surface area contributed by atoms with E-state index in [1.165, 1.54) is 23.5 Å². The average Bonchev–Trinajstić information content (AvgIpc) is 2.89. The third-order valence-electron chi connectivity index (χ3n) is 3.30. The third kappa shape index (κ3) is 2.90. The summed E-state index contributed by atoms with van der Waals surface area (Å²) in [6, 6.07) is 14.9. The Morgan fingerprint density at radius 2 is 1.50 bits per heavy atom. The summed E-state index contributed by atoms with van der Waals surface area (Å²) in [5.41, 5.74) is 1.94. The van der Waals surface area contributed by atoms with Crippen LogP contribution in [0, 0.1) is 6.92 Å². The highest BCUT2D eigenvalue weighted by Gasteiger charge is 2.30. The molecule has 1 heterocycles. The molecule has 0 aliphatic carbocycles. The predicted octanol–water partition coefficient (Wildman–Crippen LogP) is 5.80. The standard InChI is InChI=1S/C17H12F3NS/c1-11-15(12-5-3-2-4-6-12)21-16(22-11)13-7-9-14(10-8-13)17(18,19)20/h2-10H,1H3. The second-order valence-corrected chi connectivity index (χ2v) is 6.07. The molecule has 2 aromatic carbocycles. The van der Waals surface area contributed by atoms with Crippen LogP contribution in [0.5, 0.6) is 0 Å². The molecule has 3 aromatic rings. The Balaban J connectivity index is 1.97. The first-order valence-electron chi connectivity index (χ1n) is 6.65. The second kappa shape index (κ2) is 5.57. The quantitative estimate of drug-likeness (QED) is 0.581. The summed E-state index contributed by atoms with van der Waals surface area (Å²) in [7, 11) is 0. The molecule has 0 saturated carbocycles. The van der Waals surface area contributed by atoms with Crippen molar-refractivity contribution in [1.82, 2.24) is 4.98 Å². The van der Waals surface area contributed by atoms with Crippen molar-refractivity contribution in [3.63, 3.8) is 0 Å². The van der Waals surface area contributed by atoms with Crippen LogP contribution in [0.25, 0.3) is 21.8 Å². The first kappa shape index (κ1) is 14.8. The van der Waals surface area contributed by atoms with Crippen LogP contribution in [0.4, 0.5) is 13.2 Å². The van der Waals surface area contributed by atoms with Crippen molar-refractivity contribution in [3.8, 4) is 21.8 Å². The third-order valence-corrected chi connectivity index (χ3v) is 4.32. The number of thiazole rings is 1. The molecule has 112 valence electrons. The summed E-state index contributed by atoms with van der Waals surface area (Å²) in [6.45, 7) is 1.97. The number of rotatable bonds is 2. The maximum absolute atomic E-state index is 12.6. The summed E-state index contributed by atoms with van der Waals surface area (Å²) in [6.07, 6.45) is -4.31. The highest BCUT2D eigenvalue weighted by molar-refractivity contribution is 7.15. The van der Waals surface area contributed by atoms with Gasteiger partial charge in [-0.25, -0.2) is 4.98 Å². The van der Waals surface area contributed by atoms with E-state index in [4.69, 9.17) is 0 Å². The number of hydrogen-bond donors (Lipinski definition) is 0. The summed E-state index contributed by atoms with van der Waals surface area (Å²) in [5.74, 6) is 0. The van der Waals surface area contributed by atoms with Crippen LogP contribution in [-0.2, 0) is 6.18 Å². The van der Waals surface area contributed by atoms with Gasteiger partial charge in [-0.1, -0.05) is 42.5 Å². The lowest BCUT2D eigenvalue weighted by molar-refractivity contribution is -0.137. The molecule has 0 saturated heterocycles. The molecule has 0 aliphatic heterocycles. The Morgan fingerprint density at radius 3 is 2.09 bits per heavy atom. The lowest BCUT2D eigenvalue weighted by Gasteiger charge is -2.06. The number of aromatic nitrogens is 1. The van der Waals surface area contributed by atoms with Crippen LogP contribution in [0.3, 0.4) is 0 Å². The number of aryl methyl sites for hydroxylation is 1. The first-order valence-corrected chi connectivity index (χ1v) is 7.47. The van der Waals surface area contributed by atoms with Gasteiger partial charge in [-0.05, 0) is 19.1 Å². The monoisotopic (exact) mass is 319 g/mol. The molecule has 0 amide bonds. The van der Waals surface area contributed by atoms with Gasteiger partial charge in [-0.15, -0.1) is 11.3 Å². The molecule has 0 bridgehead atoms. The van der Waals surface area contributed by atoms with Crippen LogP contribution < -0.4 is 0 Å². The predicted molar refractivity (Wildman–Crippen MR) is 82.7 cm³/mol. The van der Waals surface area contributed by atoms with Gasteiger partial charge in [0.1, 0.15) is 5.01 Å². The first-order chi connectivity index (χ1) is 10.4. The molecule has 22 heavy (non-hydrogen) atoms. The van der Waals surface area contributed by atoms with Crippen molar-refractivity contribution >= 4 is 11.3 Å². The molecular weight excluding hydrogens is 307 g/mol. The summed E-state index contributed by atoms with van der Waals surface area (Å²) in [4.78, 5) is 5.62. The Kier molecular flexibility index (Phi) is 3.74. The van der Waals surface area contributed by atoms with Crippen molar-refractivity contribution in [3.05, 3.63) is 65.0 Å². The van der Waals surface area contributed by atoms with Gasteiger partial charge >= 0.3 is 6.18 Å². The number of hydrogen-bond acceptors (Lipinski definition) is 2. The van der Waals surface area contributed by atoms with E-state index < -0.39 is 11.7 Å². The van der Waals surface area contributed by atoms with Crippen LogP contribution in [0.2, 0.25) is 0 Å². The number of benzene rings is 2. The summed E-state index contributed by atoms with van der Waals surface area (Å²) in [5, 5.41) is 0.727. The number of alkyl halides is 3. The molecular formula is C17H12F3NS. The Morgan fingerprint density at radius 1 is 0.864 bits per heavy atom. The molecule has 0 unspecified atom stereocenters. The average molecular weight is 319 g/mol. The number of halogens is 3. The molecule has 3 rings (SSSR count). The zero-order chi connectivity index (χ0) is 15.7. The van der Waals surface area contributed by atoms with E-state index in [-0.39, 0.29) is 0 Å². The van der Waals surface area contributed by atoms with Gasteiger partial charge < -0.3 is 0 Å². The maximum atomic E-state index is 12.6. The fourth-order valence-corrected chi connectivity index (χ4v) is 3.13. The molecule has 0 aliphatic rings. The van der Waals surface area contributed by atoms with E-state index in [1.54, 1.807) is 0 Å². The topological polar surface area (TPSA) is 12.9 Å². The Labute approximate surface area is 130 Å². The van der Waals surface area contributed by atoms with Crippen molar-refractivity contribution < 1.29 is 13.2 Å². The van der Waals surface area contributed by atoms with E-state index in [1.807, 2.05) is 37.3 Å². The normalized spacial score (nSPS) is 11.6. The van der Waals surface area contributed by atoms with E-state index >= 15 is 0 Å². The van der Waals surface area contributed by atoms with Crippen LogP contribution in [0.15, 0.2) is 54.6 Å². The van der Waals surface area contributed by atoms with Crippen LogP contribution in [-0.4, -0.2) is 4.98 Å². The zero-order valence-electron chi connectivity index (χ0n) is 11.7. The van der Waals surface area contributed by atoms with Gasteiger partial charge in [-0.2, -0.15) is 13.2 Å². The molecule has 0 spiro atoms. The molecule has 0 fully saturated rings. The fraction of sp³-hybridized carbons (Fsp3) is 0.118. The van der Waals surface area contributed by atoms with Gasteiger partial charge in [0, 0.05) is 16.0 Å². The Hall–Kier alpha value is -2.14. The van der Waals surface area contributed by atoms with Gasteiger partial charge in [-0.3, -0.25) is 0 Å². The van der Waals surface area contributed by atoms with Gasteiger partial charge in [0.05, 0.1) is 11.3 Å². The summed E-state index contributed by atoms with van der Waals surface area (Å²) < 4.78 is 37.8. The van der Waals surface area contributed by atoms with Crippen molar-refractivity contribution in [2.24, 2.45) is 0 Å². The fourth-order valence-electron chi connectivity index (χ4n) is 2.19. The molecule has 0 atom stereocenters. The maximum Gasteiger partial charge on any atom is 0.416 e. The van der Waals surface area contributed by atoms with E-state index in [2.05, 4.69) is 4.98 Å². The molecule has 1 aromatic heterocycles. The minimum atomic E-state index is -4.31. The SMILES string of the molecule is Cc1sc(-c2ccc(C(F)(F)F)cc2)nc1-c1ccccc1. The van der Waals surface area contributed by atoms with Crippen LogP contribution >= 0.6 is 11.3 Å². The largest absolute Gasteiger partial charge is 0.416 e. The van der Waals surface area contributed by atoms with Gasteiger partial charge in [0.15, 0.2) is 0 Å². The molecule has 0 N–H and O–H groups in total. The Bertz CT molecular complexity index is 774. The van der Waals surface area contributed by atoms with Crippen LogP contribution in [0.1, 0.15) is 10.4 Å². The smallest absolute Gasteiger partial charge is 0.236 e. The lowest BCUT2D eigenvalue weighted by atomic mass is 10.1.